The van der Waals surface area contributed by atoms with E-state index in [4.69, 9.17) is 4.74 Å². The van der Waals surface area contributed by atoms with Crippen LogP contribution in [0.15, 0.2) is 12.4 Å². The molecule has 1 saturated heterocycles. The number of hydrogen-bond acceptors (Lipinski definition) is 4. The Hall–Kier alpha value is -1.40. The Morgan fingerprint density at radius 2 is 2.33 bits per heavy atom. The van der Waals surface area contributed by atoms with Gasteiger partial charge >= 0.3 is 0 Å². The number of amides is 1. The molecule has 1 aliphatic rings. The Morgan fingerprint density at radius 3 is 3.00 bits per heavy atom. The second-order valence-corrected chi connectivity index (χ2v) is 6.07. The van der Waals surface area contributed by atoms with E-state index in [1.165, 1.54) is 0 Å². The highest BCUT2D eigenvalue weighted by molar-refractivity contribution is 5.76. The number of aryl methyl sites for hydroxylation is 2. The summed E-state index contributed by atoms with van der Waals surface area (Å²) in [6, 6.07) is 0. The maximum atomic E-state index is 12.4. The number of rotatable bonds is 5. The number of aromatic nitrogens is 2. The van der Waals surface area contributed by atoms with Crippen LogP contribution >= 0.6 is 0 Å². The van der Waals surface area contributed by atoms with Crippen LogP contribution in [0.3, 0.4) is 0 Å². The second-order valence-electron chi connectivity index (χ2n) is 6.07. The fraction of sp³-hybridized carbons (Fsp3) is 0.733. The van der Waals surface area contributed by atoms with Gasteiger partial charge in [0.05, 0.1) is 19.4 Å². The molecule has 2 heterocycles. The van der Waals surface area contributed by atoms with Crippen LogP contribution in [0.25, 0.3) is 0 Å². The smallest absolute Gasteiger partial charge is 0.224 e. The highest BCUT2D eigenvalue weighted by atomic mass is 16.5. The van der Waals surface area contributed by atoms with Crippen LogP contribution in [0, 0.1) is 12.8 Å². The second kappa shape index (κ2) is 7.56. The molecule has 0 aromatic carbocycles. The van der Waals surface area contributed by atoms with E-state index >= 15 is 0 Å². The van der Waals surface area contributed by atoms with E-state index in [0.29, 0.717) is 32.0 Å². The average molecular weight is 294 g/mol. The van der Waals surface area contributed by atoms with Gasteiger partial charge in [-0.2, -0.15) is 5.10 Å². The fourth-order valence-electron chi connectivity index (χ4n) is 2.69. The fourth-order valence-corrected chi connectivity index (χ4v) is 2.69. The first-order valence-corrected chi connectivity index (χ1v) is 7.54. The molecule has 1 amide bonds. The molecule has 6 heteroatoms. The van der Waals surface area contributed by atoms with Crippen LogP contribution in [-0.2, 0) is 16.1 Å². The van der Waals surface area contributed by atoms with Crippen LogP contribution in [0.1, 0.15) is 12.0 Å². The molecule has 0 aliphatic carbocycles. The minimum absolute atomic E-state index is 0.192. The zero-order chi connectivity index (χ0) is 15.2. The van der Waals surface area contributed by atoms with Gasteiger partial charge in [0.15, 0.2) is 0 Å². The molecule has 0 N–H and O–H groups in total. The lowest BCUT2D eigenvalue weighted by Gasteiger charge is -2.25. The standard InChI is InChI=1S/C15H26N4O2/c1-13-8-16-19(9-13)5-4-15(20)18-6-7-21-12-14(11-18)10-17(2)3/h8-9,14H,4-7,10-12H2,1-3H3. The van der Waals surface area contributed by atoms with Crippen molar-refractivity contribution in [2.45, 2.75) is 19.9 Å². The van der Waals surface area contributed by atoms with Gasteiger partial charge in [0.2, 0.25) is 5.91 Å². The first kappa shape index (κ1) is 16.0. The van der Waals surface area contributed by atoms with Crippen molar-refractivity contribution in [2.75, 3.05) is 46.9 Å². The van der Waals surface area contributed by atoms with Gasteiger partial charge < -0.3 is 14.5 Å². The minimum Gasteiger partial charge on any atom is -0.379 e. The predicted molar refractivity (Wildman–Crippen MR) is 81.0 cm³/mol. The Morgan fingerprint density at radius 1 is 1.52 bits per heavy atom. The normalized spacial score (nSPS) is 19.8. The quantitative estimate of drug-likeness (QED) is 0.799. The molecule has 1 aliphatic heterocycles. The number of carbonyl (C=O) groups excluding carboxylic acids is 1. The lowest BCUT2D eigenvalue weighted by atomic mass is 10.1. The first-order chi connectivity index (χ1) is 10.0. The molecule has 0 saturated carbocycles. The zero-order valence-corrected chi connectivity index (χ0v) is 13.3. The van der Waals surface area contributed by atoms with Gasteiger partial charge in [0, 0.05) is 44.7 Å². The predicted octanol–water partition coefficient (Wildman–Crippen LogP) is 0.618. The number of nitrogens with zero attached hydrogens (tertiary/aromatic N) is 4. The number of carbonyl (C=O) groups is 1. The van der Waals surface area contributed by atoms with Crippen LogP contribution in [-0.4, -0.2) is 72.4 Å². The van der Waals surface area contributed by atoms with Gasteiger partial charge in [-0.1, -0.05) is 0 Å². The third-order valence-electron chi connectivity index (χ3n) is 3.63. The lowest BCUT2D eigenvalue weighted by molar-refractivity contribution is -0.131. The van der Waals surface area contributed by atoms with Crippen molar-refractivity contribution in [1.82, 2.24) is 19.6 Å². The van der Waals surface area contributed by atoms with Gasteiger partial charge in [-0.25, -0.2) is 0 Å². The summed E-state index contributed by atoms with van der Waals surface area (Å²) in [4.78, 5) is 16.5. The summed E-state index contributed by atoms with van der Waals surface area (Å²) in [5.41, 5.74) is 1.12. The molecular formula is C15H26N4O2. The Kier molecular flexibility index (Phi) is 5.76. The molecule has 1 unspecified atom stereocenters. The van der Waals surface area contributed by atoms with E-state index in [2.05, 4.69) is 24.1 Å². The van der Waals surface area contributed by atoms with Crippen molar-refractivity contribution < 1.29 is 9.53 Å². The third kappa shape index (κ3) is 5.13. The monoisotopic (exact) mass is 294 g/mol. The SMILES string of the molecule is Cc1cnn(CCC(=O)N2CCOCC(CN(C)C)C2)c1. The molecule has 1 atom stereocenters. The van der Waals surface area contributed by atoms with Gasteiger partial charge in [-0.3, -0.25) is 9.48 Å². The van der Waals surface area contributed by atoms with Crippen molar-refractivity contribution in [3.8, 4) is 0 Å². The summed E-state index contributed by atoms with van der Waals surface area (Å²) in [6.07, 6.45) is 4.28. The van der Waals surface area contributed by atoms with Gasteiger partial charge in [-0.05, 0) is 26.6 Å². The lowest BCUT2D eigenvalue weighted by Crippen LogP contribution is -2.39. The molecule has 1 fully saturated rings. The van der Waals surface area contributed by atoms with Gasteiger partial charge in [0.25, 0.3) is 0 Å². The summed E-state index contributed by atoms with van der Waals surface area (Å²) in [5.74, 6) is 0.579. The van der Waals surface area contributed by atoms with Crippen molar-refractivity contribution in [3.63, 3.8) is 0 Å². The van der Waals surface area contributed by atoms with Crippen molar-refractivity contribution in [1.29, 1.82) is 0 Å². The molecule has 1 aromatic rings. The highest BCUT2D eigenvalue weighted by Crippen LogP contribution is 2.10. The maximum Gasteiger partial charge on any atom is 0.224 e. The van der Waals surface area contributed by atoms with Gasteiger partial charge in [-0.15, -0.1) is 0 Å². The van der Waals surface area contributed by atoms with Crippen LogP contribution < -0.4 is 0 Å². The first-order valence-electron chi connectivity index (χ1n) is 7.54. The Balaban J connectivity index is 1.84. The molecule has 118 valence electrons. The largest absolute Gasteiger partial charge is 0.379 e. The van der Waals surface area contributed by atoms with E-state index in [1.807, 2.05) is 28.9 Å². The summed E-state index contributed by atoms with van der Waals surface area (Å²) in [7, 11) is 4.11. The van der Waals surface area contributed by atoms with E-state index in [-0.39, 0.29) is 5.91 Å². The molecule has 1 aromatic heterocycles. The molecule has 6 nitrogen and oxygen atoms in total. The average Bonchev–Trinajstić information content (AvgIpc) is 2.70. The van der Waals surface area contributed by atoms with Crippen molar-refractivity contribution in [3.05, 3.63) is 18.0 Å². The third-order valence-corrected chi connectivity index (χ3v) is 3.63. The summed E-state index contributed by atoms with van der Waals surface area (Å²) in [5, 5.41) is 4.22. The van der Waals surface area contributed by atoms with Crippen LogP contribution in [0.5, 0.6) is 0 Å². The minimum atomic E-state index is 0.192. The van der Waals surface area contributed by atoms with Crippen molar-refractivity contribution in [2.24, 2.45) is 5.92 Å². The van der Waals surface area contributed by atoms with Crippen LogP contribution in [0.2, 0.25) is 0 Å². The number of hydrogen-bond donors (Lipinski definition) is 0. The van der Waals surface area contributed by atoms with Crippen molar-refractivity contribution >= 4 is 5.91 Å². The topological polar surface area (TPSA) is 50.6 Å². The molecular weight excluding hydrogens is 268 g/mol. The molecule has 0 bridgehead atoms. The van der Waals surface area contributed by atoms with Crippen LogP contribution in [0.4, 0.5) is 0 Å². The van der Waals surface area contributed by atoms with E-state index < -0.39 is 0 Å². The summed E-state index contributed by atoms with van der Waals surface area (Å²) in [6.45, 7) is 6.45. The Labute approximate surface area is 126 Å². The van der Waals surface area contributed by atoms with E-state index in [0.717, 1.165) is 25.3 Å². The number of ether oxygens (including phenoxy) is 1. The Bertz CT molecular complexity index is 458. The van der Waals surface area contributed by atoms with E-state index in [9.17, 15) is 4.79 Å². The van der Waals surface area contributed by atoms with Gasteiger partial charge in [0.1, 0.15) is 0 Å². The molecule has 2 rings (SSSR count). The molecule has 0 spiro atoms. The zero-order valence-electron chi connectivity index (χ0n) is 13.3. The highest BCUT2D eigenvalue weighted by Gasteiger charge is 2.22. The maximum absolute atomic E-state index is 12.4. The molecule has 0 radical (unpaired) electrons. The summed E-state index contributed by atoms with van der Waals surface area (Å²) >= 11 is 0. The summed E-state index contributed by atoms with van der Waals surface area (Å²) < 4.78 is 7.45. The van der Waals surface area contributed by atoms with E-state index in [1.54, 1.807) is 0 Å². The molecule has 21 heavy (non-hydrogen) atoms.